The van der Waals surface area contributed by atoms with Crippen molar-refractivity contribution in [1.82, 2.24) is 14.9 Å². The Bertz CT molecular complexity index is 738. The van der Waals surface area contributed by atoms with Crippen molar-refractivity contribution in [2.24, 2.45) is 0 Å². The third kappa shape index (κ3) is 4.87. The van der Waals surface area contributed by atoms with E-state index in [9.17, 15) is 5.11 Å². The molecule has 1 fully saturated rings. The van der Waals surface area contributed by atoms with Crippen molar-refractivity contribution in [3.63, 3.8) is 0 Å². The standard InChI is InChI=1S/C20H29N5O2/c1-3-27-18-6-4-16(5-7-18)13-24-9-10-25(14-17(24)8-11-26)20-22-12-15(2)19(21)23-20/h4-7,12,17,26H,3,8-11,13-14H2,1-2H3,(H2,21,22,23)/t17-/m1/s1. The van der Waals surface area contributed by atoms with Crippen LogP contribution in [0.1, 0.15) is 24.5 Å². The monoisotopic (exact) mass is 371 g/mol. The SMILES string of the molecule is CCOc1ccc(CN2CCN(c3ncc(C)c(N)n3)C[C@H]2CCO)cc1. The van der Waals surface area contributed by atoms with Gasteiger partial charge in [-0.1, -0.05) is 12.1 Å². The number of nitrogens with two attached hydrogens (primary N) is 1. The summed E-state index contributed by atoms with van der Waals surface area (Å²) < 4.78 is 5.51. The van der Waals surface area contributed by atoms with E-state index in [0.717, 1.165) is 43.9 Å². The molecule has 1 aromatic heterocycles. The first-order chi connectivity index (χ1) is 13.1. The van der Waals surface area contributed by atoms with Gasteiger partial charge in [-0.2, -0.15) is 4.98 Å². The topological polar surface area (TPSA) is 87.7 Å². The molecule has 146 valence electrons. The Morgan fingerprint density at radius 2 is 2.04 bits per heavy atom. The van der Waals surface area contributed by atoms with E-state index in [1.807, 2.05) is 26.0 Å². The third-order valence-electron chi connectivity index (χ3n) is 4.97. The van der Waals surface area contributed by atoms with Gasteiger partial charge in [-0.05, 0) is 38.0 Å². The van der Waals surface area contributed by atoms with Crippen LogP contribution in [0.5, 0.6) is 5.75 Å². The number of piperazine rings is 1. The van der Waals surface area contributed by atoms with Crippen molar-refractivity contribution < 1.29 is 9.84 Å². The largest absolute Gasteiger partial charge is 0.494 e. The fourth-order valence-corrected chi connectivity index (χ4v) is 3.40. The molecule has 0 unspecified atom stereocenters. The maximum absolute atomic E-state index is 9.52. The second kappa shape index (κ2) is 9.01. The van der Waals surface area contributed by atoms with Crippen LogP contribution in [0.15, 0.2) is 30.5 Å². The highest BCUT2D eigenvalue weighted by Gasteiger charge is 2.28. The van der Waals surface area contributed by atoms with E-state index in [4.69, 9.17) is 10.5 Å². The molecule has 0 aliphatic carbocycles. The predicted molar refractivity (Wildman–Crippen MR) is 107 cm³/mol. The number of anilines is 2. The molecule has 1 aliphatic rings. The van der Waals surface area contributed by atoms with Crippen molar-refractivity contribution in [2.45, 2.75) is 32.9 Å². The molecule has 3 N–H and O–H groups in total. The molecule has 1 aromatic carbocycles. The number of aromatic nitrogens is 2. The van der Waals surface area contributed by atoms with Gasteiger partial charge in [0.2, 0.25) is 5.95 Å². The molecule has 0 amide bonds. The van der Waals surface area contributed by atoms with Crippen molar-refractivity contribution in [3.8, 4) is 5.75 Å². The average Bonchev–Trinajstić information content (AvgIpc) is 2.67. The van der Waals surface area contributed by atoms with E-state index in [1.54, 1.807) is 6.20 Å². The van der Waals surface area contributed by atoms with Crippen LogP contribution in [0.3, 0.4) is 0 Å². The lowest BCUT2D eigenvalue weighted by atomic mass is 10.1. The van der Waals surface area contributed by atoms with Gasteiger partial charge < -0.3 is 20.5 Å². The second-order valence-corrected chi connectivity index (χ2v) is 6.90. The molecular formula is C20H29N5O2. The predicted octanol–water partition coefficient (Wildman–Crippen LogP) is 1.84. The van der Waals surface area contributed by atoms with Crippen LogP contribution in [-0.4, -0.2) is 58.9 Å². The zero-order valence-corrected chi connectivity index (χ0v) is 16.1. The zero-order chi connectivity index (χ0) is 19.2. The first-order valence-electron chi connectivity index (χ1n) is 9.51. The van der Waals surface area contributed by atoms with Crippen molar-refractivity contribution in [1.29, 1.82) is 0 Å². The molecule has 3 rings (SSSR count). The molecule has 0 radical (unpaired) electrons. The summed E-state index contributed by atoms with van der Waals surface area (Å²) in [7, 11) is 0. The van der Waals surface area contributed by atoms with Gasteiger partial charge in [-0.15, -0.1) is 0 Å². The summed E-state index contributed by atoms with van der Waals surface area (Å²) in [6, 6.07) is 8.48. The summed E-state index contributed by atoms with van der Waals surface area (Å²) in [4.78, 5) is 13.4. The van der Waals surface area contributed by atoms with Gasteiger partial charge in [-0.3, -0.25) is 4.90 Å². The smallest absolute Gasteiger partial charge is 0.227 e. The highest BCUT2D eigenvalue weighted by molar-refractivity contribution is 5.44. The van der Waals surface area contributed by atoms with Crippen LogP contribution in [-0.2, 0) is 6.54 Å². The molecule has 1 saturated heterocycles. The lowest BCUT2D eigenvalue weighted by molar-refractivity contribution is 0.135. The summed E-state index contributed by atoms with van der Waals surface area (Å²) in [6.45, 7) is 8.07. The molecule has 2 heterocycles. The fourth-order valence-electron chi connectivity index (χ4n) is 3.40. The number of nitrogen functional groups attached to an aromatic ring is 1. The Morgan fingerprint density at radius 3 is 2.70 bits per heavy atom. The quantitative estimate of drug-likeness (QED) is 0.768. The lowest BCUT2D eigenvalue weighted by Crippen LogP contribution is -2.53. The summed E-state index contributed by atoms with van der Waals surface area (Å²) in [5.41, 5.74) is 8.08. The maximum atomic E-state index is 9.52. The van der Waals surface area contributed by atoms with E-state index in [2.05, 4.69) is 31.9 Å². The van der Waals surface area contributed by atoms with E-state index in [0.29, 0.717) is 18.4 Å². The number of hydrogen-bond donors (Lipinski definition) is 2. The van der Waals surface area contributed by atoms with Gasteiger partial charge in [0.15, 0.2) is 0 Å². The van der Waals surface area contributed by atoms with Crippen molar-refractivity contribution in [2.75, 3.05) is 43.5 Å². The Hall–Kier alpha value is -2.38. The number of aliphatic hydroxyl groups excluding tert-OH is 1. The van der Waals surface area contributed by atoms with Gasteiger partial charge in [0.1, 0.15) is 11.6 Å². The van der Waals surface area contributed by atoms with Gasteiger partial charge in [0, 0.05) is 50.6 Å². The molecule has 27 heavy (non-hydrogen) atoms. The van der Waals surface area contributed by atoms with Crippen LogP contribution in [0.2, 0.25) is 0 Å². The normalized spacial score (nSPS) is 17.9. The van der Waals surface area contributed by atoms with Gasteiger partial charge >= 0.3 is 0 Å². The summed E-state index contributed by atoms with van der Waals surface area (Å²) in [5.74, 6) is 2.09. The third-order valence-corrected chi connectivity index (χ3v) is 4.97. The minimum absolute atomic E-state index is 0.162. The van der Waals surface area contributed by atoms with Gasteiger partial charge in [0.25, 0.3) is 0 Å². The van der Waals surface area contributed by atoms with E-state index < -0.39 is 0 Å². The number of rotatable bonds is 7. The number of benzene rings is 1. The maximum Gasteiger partial charge on any atom is 0.227 e. The van der Waals surface area contributed by atoms with Crippen LogP contribution >= 0.6 is 0 Å². The zero-order valence-electron chi connectivity index (χ0n) is 16.1. The molecule has 1 aliphatic heterocycles. The van der Waals surface area contributed by atoms with E-state index in [-0.39, 0.29) is 12.6 Å². The van der Waals surface area contributed by atoms with Crippen LogP contribution in [0, 0.1) is 6.92 Å². The van der Waals surface area contributed by atoms with Crippen molar-refractivity contribution in [3.05, 3.63) is 41.6 Å². The molecule has 0 bridgehead atoms. The summed E-state index contributed by atoms with van der Waals surface area (Å²) in [5, 5.41) is 9.52. The lowest BCUT2D eigenvalue weighted by Gasteiger charge is -2.41. The van der Waals surface area contributed by atoms with E-state index >= 15 is 0 Å². The molecule has 0 spiro atoms. The van der Waals surface area contributed by atoms with Crippen LogP contribution in [0.4, 0.5) is 11.8 Å². The average molecular weight is 371 g/mol. The Labute approximate surface area is 160 Å². The first kappa shape index (κ1) is 19.4. The Balaban J connectivity index is 1.67. The second-order valence-electron chi connectivity index (χ2n) is 6.90. The number of ether oxygens (including phenoxy) is 1. The Morgan fingerprint density at radius 1 is 1.26 bits per heavy atom. The summed E-state index contributed by atoms with van der Waals surface area (Å²) >= 11 is 0. The number of hydrogen-bond acceptors (Lipinski definition) is 7. The highest BCUT2D eigenvalue weighted by Crippen LogP contribution is 2.22. The van der Waals surface area contributed by atoms with Crippen LogP contribution in [0.25, 0.3) is 0 Å². The van der Waals surface area contributed by atoms with E-state index in [1.165, 1.54) is 5.56 Å². The molecule has 2 aromatic rings. The minimum atomic E-state index is 0.162. The first-order valence-corrected chi connectivity index (χ1v) is 9.51. The highest BCUT2D eigenvalue weighted by atomic mass is 16.5. The molecule has 1 atom stereocenters. The number of aliphatic hydroxyl groups is 1. The summed E-state index contributed by atoms with van der Waals surface area (Å²) in [6.07, 6.45) is 2.49. The fraction of sp³-hybridized carbons (Fsp3) is 0.500. The minimum Gasteiger partial charge on any atom is -0.494 e. The Kier molecular flexibility index (Phi) is 6.47. The number of nitrogens with zero attached hydrogens (tertiary/aromatic N) is 4. The van der Waals surface area contributed by atoms with Crippen molar-refractivity contribution >= 4 is 11.8 Å². The molecule has 7 heteroatoms. The molecule has 7 nitrogen and oxygen atoms in total. The van der Waals surface area contributed by atoms with Gasteiger partial charge in [0.05, 0.1) is 6.61 Å². The van der Waals surface area contributed by atoms with Crippen LogP contribution < -0.4 is 15.4 Å². The molecular weight excluding hydrogens is 342 g/mol. The van der Waals surface area contributed by atoms with Gasteiger partial charge in [-0.25, -0.2) is 4.98 Å². The molecule has 0 saturated carbocycles. The number of aryl methyl sites for hydroxylation is 1.